The molecule has 100 valence electrons. The molecule has 0 spiro atoms. The van der Waals surface area contributed by atoms with Gasteiger partial charge in [-0.3, -0.25) is 9.69 Å². The van der Waals surface area contributed by atoms with E-state index in [1.807, 2.05) is 36.8 Å². The Balaban J connectivity index is 2.48. The highest BCUT2D eigenvalue weighted by Crippen LogP contribution is 2.04. The number of carbonyl (C=O) groups excluding carboxylic acids is 1. The van der Waals surface area contributed by atoms with Crippen molar-refractivity contribution in [2.75, 3.05) is 26.7 Å². The van der Waals surface area contributed by atoms with Crippen molar-refractivity contribution in [3.8, 4) is 0 Å². The Morgan fingerprint density at radius 2 is 1.94 bits per heavy atom. The minimum Gasteiger partial charge on any atom is -0.342 e. The standard InChI is InChI=1S/C12H19ClN4O/c1-4-17(5-2)12(18)9-16(3)8-10-6-7-11(13)15-14-10/h6-7H,4-5,8-9H2,1-3H3. The van der Waals surface area contributed by atoms with Gasteiger partial charge in [0.25, 0.3) is 0 Å². The predicted molar refractivity (Wildman–Crippen MR) is 71.3 cm³/mol. The van der Waals surface area contributed by atoms with E-state index < -0.39 is 0 Å². The number of hydrogen-bond donors (Lipinski definition) is 0. The number of likely N-dealkylation sites (N-methyl/N-ethyl adjacent to an activating group) is 2. The number of halogens is 1. The van der Waals surface area contributed by atoms with Crippen molar-refractivity contribution in [1.29, 1.82) is 0 Å². The van der Waals surface area contributed by atoms with Gasteiger partial charge in [-0.2, -0.15) is 5.10 Å². The molecule has 0 fully saturated rings. The first-order chi connectivity index (χ1) is 8.56. The molecule has 1 aromatic heterocycles. The van der Waals surface area contributed by atoms with E-state index in [-0.39, 0.29) is 5.91 Å². The molecule has 0 aliphatic rings. The first-order valence-corrected chi connectivity index (χ1v) is 6.39. The quantitative estimate of drug-likeness (QED) is 0.785. The van der Waals surface area contributed by atoms with E-state index in [1.165, 1.54) is 0 Å². The summed E-state index contributed by atoms with van der Waals surface area (Å²) in [6.07, 6.45) is 0. The van der Waals surface area contributed by atoms with Gasteiger partial charge >= 0.3 is 0 Å². The number of rotatable bonds is 6. The van der Waals surface area contributed by atoms with E-state index in [9.17, 15) is 4.79 Å². The number of amides is 1. The second kappa shape index (κ2) is 7.28. The van der Waals surface area contributed by atoms with Crippen LogP contribution in [0.15, 0.2) is 12.1 Å². The molecule has 0 bridgehead atoms. The first-order valence-electron chi connectivity index (χ1n) is 6.01. The molecule has 1 amide bonds. The van der Waals surface area contributed by atoms with Gasteiger partial charge in [0.1, 0.15) is 0 Å². The fraction of sp³-hybridized carbons (Fsp3) is 0.583. The molecule has 0 atom stereocenters. The molecular weight excluding hydrogens is 252 g/mol. The van der Waals surface area contributed by atoms with Crippen LogP contribution in [0.25, 0.3) is 0 Å². The van der Waals surface area contributed by atoms with Gasteiger partial charge in [0, 0.05) is 19.6 Å². The summed E-state index contributed by atoms with van der Waals surface area (Å²) in [5.74, 6) is 0.129. The van der Waals surface area contributed by atoms with Crippen LogP contribution in [0.4, 0.5) is 0 Å². The van der Waals surface area contributed by atoms with E-state index in [1.54, 1.807) is 6.07 Å². The van der Waals surface area contributed by atoms with Crippen LogP contribution in [0.2, 0.25) is 5.15 Å². The zero-order chi connectivity index (χ0) is 13.5. The normalized spacial score (nSPS) is 10.7. The molecule has 5 nitrogen and oxygen atoms in total. The fourth-order valence-electron chi connectivity index (χ4n) is 1.67. The van der Waals surface area contributed by atoms with Crippen molar-refractivity contribution in [1.82, 2.24) is 20.0 Å². The summed E-state index contributed by atoms with van der Waals surface area (Å²) >= 11 is 5.66. The summed E-state index contributed by atoms with van der Waals surface area (Å²) < 4.78 is 0. The first kappa shape index (κ1) is 14.9. The third-order valence-electron chi connectivity index (χ3n) is 2.64. The molecule has 0 aliphatic carbocycles. The highest BCUT2D eigenvalue weighted by molar-refractivity contribution is 6.29. The third kappa shape index (κ3) is 4.58. The van der Waals surface area contributed by atoms with Crippen LogP contribution in [0.1, 0.15) is 19.5 Å². The van der Waals surface area contributed by atoms with E-state index in [4.69, 9.17) is 11.6 Å². The van der Waals surface area contributed by atoms with Crippen LogP contribution >= 0.6 is 11.6 Å². The van der Waals surface area contributed by atoms with Crippen molar-refractivity contribution in [2.24, 2.45) is 0 Å². The van der Waals surface area contributed by atoms with Gasteiger partial charge in [-0.1, -0.05) is 11.6 Å². The lowest BCUT2D eigenvalue weighted by Gasteiger charge is -2.22. The third-order valence-corrected chi connectivity index (χ3v) is 2.84. The van der Waals surface area contributed by atoms with E-state index in [0.29, 0.717) is 18.2 Å². The maximum atomic E-state index is 11.9. The zero-order valence-corrected chi connectivity index (χ0v) is 11.8. The van der Waals surface area contributed by atoms with Crippen LogP contribution in [-0.2, 0) is 11.3 Å². The van der Waals surface area contributed by atoms with Crippen LogP contribution in [0, 0.1) is 0 Å². The van der Waals surface area contributed by atoms with Gasteiger partial charge in [-0.05, 0) is 33.0 Å². The Hall–Kier alpha value is -1.20. The van der Waals surface area contributed by atoms with Gasteiger partial charge in [0.15, 0.2) is 5.15 Å². The zero-order valence-electron chi connectivity index (χ0n) is 11.1. The van der Waals surface area contributed by atoms with Gasteiger partial charge in [0.2, 0.25) is 5.91 Å². The number of nitrogens with zero attached hydrogens (tertiary/aromatic N) is 4. The minimum absolute atomic E-state index is 0.129. The Morgan fingerprint density at radius 3 is 2.44 bits per heavy atom. The van der Waals surface area contributed by atoms with Crippen molar-refractivity contribution in [3.05, 3.63) is 23.0 Å². The monoisotopic (exact) mass is 270 g/mol. The highest BCUT2D eigenvalue weighted by Gasteiger charge is 2.12. The summed E-state index contributed by atoms with van der Waals surface area (Å²) in [5, 5.41) is 8.11. The Labute approximate surface area is 113 Å². The molecule has 1 aromatic rings. The summed E-state index contributed by atoms with van der Waals surface area (Å²) in [6, 6.07) is 3.51. The van der Waals surface area contributed by atoms with Gasteiger partial charge in [0.05, 0.1) is 12.2 Å². The SMILES string of the molecule is CCN(CC)C(=O)CN(C)Cc1ccc(Cl)nn1. The van der Waals surface area contributed by atoms with Crippen molar-refractivity contribution in [2.45, 2.75) is 20.4 Å². The minimum atomic E-state index is 0.129. The van der Waals surface area contributed by atoms with Gasteiger partial charge in [-0.15, -0.1) is 5.10 Å². The molecule has 0 aliphatic heterocycles. The topological polar surface area (TPSA) is 49.3 Å². The summed E-state index contributed by atoms with van der Waals surface area (Å²) in [6.45, 7) is 6.40. The summed E-state index contributed by atoms with van der Waals surface area (Å²) in [5.41, 5.74) is 0.800. The van der Waals surface area contributed by atoms with Crippen LogP contribution < -0.4 is 0 Å². The van der Waals surface area contributed by atoms with Crippen molar-refractivity contribution >= 4 is 17.5 Å². The average molecular weight is 271 g/mol. The lowest BCUT2D eigenvalue weighted by atomic mass is 10.3. The average Bonchev–Trinajstić information content (AvgIpc) is 2.33. The second-order valence-electron chi connectivity index (χ2n) is 4.09. The van der Waals surface area contributed by atoms with Crippen LogP contribution in [0.5, 0.6) is 0 Å². The maximum absolute atomic E-state index is 11.9. The lowest BCUT2D eigenvalue weighted by Crippen LogP contribution is -2.38. The molecule has 0 saturated carbocycles. The smallest absolute Gasteiger partial charge is 0.236 e. The van der Waals surface area contributed by atoms with E-state index in [2.05, 4.69) is 10.2 Å². The Bertz CT molecular complexity index is 378. The second-order valence-corrected chi connectivity index (χ2v) is 4.47. The van der Waals surface area contributed by atoms with Crippen molar-refractivity contribution < 1.29 is 4.79 Å². The summed E-state index contributed by atoms with van der Waals surface area (Å²) in [7, 11) is 1.89. The Morgan fingerprint density at radius 1 is 1.28 bits per heavy atom. The van der Waals surface area contributed by atoms with Crippen LogP contribution in [-0.4, -0.2) is 52.6 Å². The predicted octanol–water partition coefficient (Wildman–Crippen LogP) is 1.43. The summed E-state index contributed by atoms with van der Waals surface area (Å²) in [4.78, 5) is 15.6. The molecule has 0 unspecified atom stereocenters. The largest absolute Gasteiger partial charge is 0.342 e. The molecule has 0 N–H and O–H groups in total. The van der Waals surface area contributed by atoms with Crippen molar-refractivity contribution in [3.63, 3.8) is 0 Å². The molecule has 18 heavy (non-hydrogen) atoms. The highest BCUT2D eigenvalue weighted by atomic mass is 35.5. The van der Waals surface area contributed by atoms with Gasteiger partial charge in [-0.25, -0.2) is 0 Å². The van der Waals surface area contributed by atoms with Gasteiger partial charge < -0.3 is 4.90 Å². The molecule has 1 heterocycles. The lowest BCUT2D eigenvalue weighted by molar-refractivity contribution is -0.131. The molecule has 6 heteroatoms. The Kier molecular flexibility index (Phi) is 6.01. The van der Waals surface area contributed by atoms with Crippen LogP contribution in [0.3, 0.4) is 0 Å². The number of aromatic nitrogens is 2. The molecule has 0 radical (unpaired) electrons. The molecular formula is C12H19ClN4O. The number of hydrogen-bond acceptors (Lipinski definition) is 4. The fourth-order valence-corrected chi connectivity index (χ4v) is 1.77. The van der Waals surface area contributed by atoms with E-state index in [0.717, 1.165) is 18.8 Å². The maximum Gasteiger partial charge on any atom is 0.236 e. The van der Waals surface area contributed by atoms with E-state index >= 15 is 0 Å². The molecule has 0 aromatic carbocycles. The molecule has 1 rings (SSSR count). The number of carbonyl (C=O) groups is 1. The molecule has 0 saturated heterocycles.